The number of aromatic nitrogens is 2. The topological polar surface area (TPSA) is 16.3 Å². The van der Waals surface area contributed by atoms with Crippen molar-refractivity contribution < 1.29 is 0 Å². The van der Waals surface area contributed by atoms with E-state index in [1.54, 1.807) is 0 Å². The molecule has 0 aliphatic heterocycles. The van der Waals surface area contributed by atoms with Crippen LogP contribution in [0.2, 0.25) is 0 Å². The Morgan fingerprint density at radius 2 is 0.535 bits per heavy atom. The monoisotopic (exact) mass is 1290 g/mol. The molecule has 4 heteroatoms. The van der Waals surface area contributed by atoms with Gasteiger partial charge in [-0.3, -0.25) is 0 Å². The summed E-state index contributed by atoms with van der Waals surface area (Å²) in [6.45, 7) is 0. The minimum atomic E-state index is -0.809. The molecule has 0 saturated heterocycles. The summed E-state index contributed by atoms with van der Waals surface area (Å²) in [6.07, 6.45) is 0. The van der Waals surface area contributed by atoms with Crippen LogP contribution in [0.1, 0.15) is 22.3 Å². The standard InChI is InChI=1S/C97H66N4/c1-9-33-69(34-10-1)93-85-61-57-79(65-91(85)100(75-47-21-7-22-48-75)95(93)71-37-13-3-14-38-71)98(89-53-29-41-67-31-25-27-51-81(67)89)77-55-59-83-84-60-56-78(64-88(84)97(87(83)63-77,73-43-17-5-18-44-73)74-45-19-6-20-46-74)99(90-54-30-42-68-32-26-28-52-82(68)90)80-58-62-86-92(66-80)101(76-49-23-8-24-50-76)96(72-39-15-4-16-40-72)94(86)70-35-11-2-12-36-70/h1-66H. The SMILES string of the molecule is c1ccc(-c2c(-c3ccccc3)n(-c3ccccc3)c3cc(N(c4ccc5c(c4)C(c4ccccc4)(c4ccccc4)c4cc(N(c6ccc7c(-c8ccccc8)c(-c8ccccc8)n(-c8ccccc8)c7c6)c6cccc7ccccc67)ccc4-5)c4cccc5ccccc45)ccc23)cc1. The second kappa shape index (κ2) is 24.7. The first kappa shape index (κ1) is 59.0. The van der Waals surface area contributed by atoms with Crippen molar-refractivity contribution >= 4 is 77.5 Å². The van der Waals surface area contributed by atoms with Crippen molar-refractivity contribution in [3.05, 3.63) is 423 Å². The zero-order valence-electron chi connectivity index (χ0n) is 55.4. The smallest absolute Gasteiger partial charge is 0.0715 e. The number of hydrogen-bond acceptors (Lipinski definition) is 2. The minimum absolute atomic E-state index is 0.809. The van der Waals surface area contributed by atoms with Gasteiger partial charge in [-0.1, -0.05) is 315 Å². The average Bonchev–Trinajstić information content (AvgIpc) is 1.59. The highest BCUT2D eigenvalue weighted by atomic mass is 15.2. The summed E-state index contributed by atoms with van der Waals surface area (Å²) in [5.41, 5.74) is 26.4. The normalized spacial score (nSPS) is 12.2. The molecule has 101 heavy (non-hydrogen) atoms. The molecule has 1 aliphatic carbocycles. The summed E-state index contributed by atoms with van der Waals surface area (Å²) in [4.78, 5) is 5.03. The van der Waals surface area contributed by atoms with E-state index in [0.29, 0.717) is 0 Å². The molecule has 0 bridgehead atoms. The predicted molar refractivity (Wildman–Crippen MR) is 424 cm³/mol. The molecule has 474 valence electrons. The van der Waals surface area contributed by atoms with Crippen molar-refractivity contribution in [2.75, 3.05) is 9.80 Å². The highest BCUT2D eigenvalue weighted by Crippen LogP contribution is 2.60. The molecule has 0 atom stereocenters. The van der Waals surface area contributed by atoms with Crippen LogP contribution in [0.4, 0.5) is 34.1 Å². The van der Waals surface area contributed by atoms with Gasteiger partial charge in [0.25, 0.3) is 0 Å². The van der Waals surface area contributed by atoms with Crippen molar-refractivity contribution in [1.29, 1.82) is 0 Å². The average molecular weight is 1290 g/mol. The molecule has 0 fully saturated rings. The van der Waals surface area contributed by atoms with Gasteiger partial charge in [0.1, 0.15) is 0 Å². The van der Waals surface area contributed by atoms with Crippen LogP contribution in [-0.2, 0) is 5.41 Å². The lowest BCUT2D eigenvalue weighted by molar-refractivity contribution is 0.768. The van der Waals surface area contributed by atoms with Gasteiger partial charge in [-0.25, -0.2) is 0 Å². The van der Waals surface area contributed by atoms with Crippen molar-refractivity contribution in [3.63, 3.8) is 0 Å². The third-order valence-corrected chi connectivity index (χ3v) is 20.7. The molecule has 0 saturated carbocycles. The maximum atomic E-state index is 2.52. The number of hydrogen-bond donors (Lipinski definition) is 0. The first-order chi connectivity index (χ1) is 50.2. The Labute approximate surface area is 588 Å². The van der Waals surface area contributed by atoms with Crippen LogP contribution in [0.3, 0.4) is 0 Å². The molecule has 2 heterocycles. The zero-order valence-corrected chi connectivity index (χ0v) is 55.4. The van der Waals surface area contributed by atoms with Crippen molar-refractivity contribution in [2.24, 2.45) is 0 Å². The number of para-hydroxylation sites is 2. The number of anilines is 6. The molecule has 19 rings (SSSR count). The summed E-state index contributed by atoms with van der Waals surface area (Å²) in [5, 5.41) is 6.99. The van der Waals surface area contributed by atoms with Crippen molar-refractivity contribution in [3.8, 4) is 67.3 Å². The molecule has 0 unspecified atom stereocenters. The summed E-state index contributed by atoms with van der Waals surface area (Å²) >= 11 is 0. The molecule has 18 aromatic rings. The number of rotatable bonds is 14. The Bertz CT molecular complexity index is 5720. The second-order valence-corrected chi connectivity index (χ2v) is 26.3. The number of benzene rings is 16. The Balaban J connectivity index is 0.865. The number of fused-ring (bicyclic) bond motifs is 7. The van der Waals surface area contributed by atoms with Crippen LogP contribution in [0.25, 0.3) is 111 Å². The van der Waals surface area contributed by atoms with E-state index in [9.17, 15) is 0 Å². The van der Waals surface area contributed by atoms with E-state index >= 15 is 0 Å². The van der Waals surface area contributed by atoms with Gasteiger partial charge in [-0.15, -0.1) is 0 Å². The van der Waals surface area contributed by atoms with Crippen LogP contribution < -0.4 is 9.80 Å². The molecule has 16 aromatic carbocycles. The van der Waals surface area contributed by atoms with Gasteiger partial charge >= 0.3 is 0 Å². The van der Waals surface area contributed by atoms with Crippen molar-refractivity contribution in [1.82, 2.24) is 9.13 Å². The van der Waals surface area contributed by atoms with Crippen LogP contribution in [0.15, 0.2) is 400 Å². The third-order valence-electron chi connectivity index (χ3n) is 20.7. The molecule has 0 N–H and O–H groups in total. The lowest BCUT2D eigenvalue weighted by Gasteiger charge is -2.36. The van der Waals surface area contributed by atoms with E-state index in [0.717, 1.165) is 89.8 Å². The van der Waals surface area contributed by atoms with E-state index in [-0.39, 0.29) is 0 Å². The van der Waals surface area contributed by atoms with Crippen LogP contribution in [-0.4, -0.2) is 9.13 Å². The predicted octanol–water partition coefficient (Wildman–Crippen LogP) is 25.9. The van der Waals surface area contributed by atoms with Crippen LogP contribution in [0, 0.1) is 0 Å². The van der Waals surface area contributed by atoms with E-state index in [4.69, 9.17) is 0 Å². The molecule has 0 spiro atoms. The molecular formula is C97H66N4. The first-order valence-corrected chi connectivity index (χ1v) is 34.8. The van der Waals surface area contributed by atoms with Gasteiger partial charge in [-0.2, -0.15) is 0 Å². The lowest BCUT2D eigenvalue weighted by atomic mass is 9.67. The number of nitrogens with zero attached hydrogens (tertiary/aromatic N) is 4. The highest BCUT2D eigenvalue weighted by molar-refractivity contribution is 6.11. The van der Waals surface area contributed by atoms with E-state index in [1.165, 1.54) is 77.2 Å². The Morgan fingerprint density at radius 3 is 0.921 bits per heavy atom. The molecule has 0 radical (unpaired) electrons. The first-order valence-electron chi connectivity index (χ1n) is 34.8. The molecule has 4 nitrogen and oxygen atoms in total. The fourth-order valence-electron chi connectivity index (χ4n) is 16.5. The maximum Gasteiger partial charge on any atom is 0.0715 e. The fourth-order valence-corrected chi connectivity index (χ4v) is 16.5. The Morgan fingerprint density at radius 1 is 0.228 bits per heavy atom. The van der Waals surface area contributed by atoms with Crippen LogP contribution in [0.5, 0.6) is 0 Å². The molecule has 1 aliphatic rings. The van der Waals surface area contributed by atoms with Gasteiger partial charge < -0.3 is 18.9 Å². The third kappa shape index (κ3) is 9.75. The summed E-state index contributed by atoms with van der Waals surface area (Å²) < 4.78 is 4.96. The maximum absolute atomic E-state index is 2.52. The largest absolute Gasteiger partial charge is 0.310 e. The minimum Gasteiger partial charge on any atom is -0.310 e. The Kier molecular flexibility index (Phi) is 14.4. The zero-order chi connectivity index (χ0) is 66.8. The molecule has 2 aromatic heterocycles. The second-order valence-electron chi connectivity index (χ2n) is 26.3. The van der Waals surface area contributed by atoms with E-state index in [1.807, 2.05) is 0 Å². The van der Waals surface area contributed by atoms with Gasteiger partial charge in [0.15, 0.2) is 0 Å². The van der Waals surface area contributed by atoms with Gasteiger partial charge in [0.2, 0.25) is 0 Å². The summed E-state index contributed by atoms with van der Waals surface area (Å²) in [5.74, 6) is 0. The summed E-state index contributed by atoms with van der Waals surface area (Å²) in [7, 11) is 0. The highest BCUT2D eigenvalue weighted by Gasteiger charge is 2.47. The van der Waals surface area contributed by atoms with Crippen molar-refractivity contribution in [2.45, 2.75) is 5.41 Å². The summed E-state index contributed by atoms with van der Waals surface area (Å²) in [6, 6.07) is 148. The van der Waals surface area contributed by atoms with Gasteiger partial charge in [-0.05, 0) is 151 Å². The van der Waals surface area contributed by atoms with Gasteiger partial charge in [0, 0.05) is 66.8 Å². The molecule has 0 amide bonds. The van der Waals surface area contributed by atoms with Crippen LogP contribution >= 0.6 is 0 Å². The fraction of sp³-hybridized carbons (Fsp3) is 0.0103. The van der Waals surface area contributed by atoms with E-state index in [2.05, 4.69) is 419 Å². The quantitative estimate of drug-likeness (QED) is 0.108. The Hall–Kier alpha value is -13.3. The van der Waals surface area contributed by atoms with E-state index < -0.39 is 5.41 Å². The van der Waals surface area contributed by atoms with Gasteiger partial charge in [0.05, 0.1) is 39.2 Å². The lowest BCUT2D eigenvalue weighted by Crippen LogP contribution is -2.29. The molecular weight excluding hydrogens is 1220 g/mol.